The molecular weight excluding hydrogens is 398 g/mol. The molecule has 0 saturated carbocycles. The van der Waals surface area contributed by atoms with E-state index in [1.54, 1.807) is 20.4 Å². The minimum absolute atomic E-state index is 0.135. The van der Waals surface area contributed by atoms with Crippen molar-refractivity contribution in [3.63, 3.8) is 0 Å². The molecule has 1 N–H and O–H groups in total. The van der Waals surface area contributed by atoms with Crippen LogP contribution in [0, 0.1) is 0 Å². The van der Waals surface area contributed by atoms with E-state index in [1.165, 1.54) is 11.8 Å². The zero-order valence-corrected chi connectivity index (χ0v) is 17.5. The first-order valence-corrected chi connectivity index (χ1v) is 10.3. The lowest BCUT2D eigenvalue weighted by atomic mass is 10.1. The molecule has 1 amide bonds. The number of fused-ring (bicyclic) bond motifs is 1. The van der Waals surface area contributed by atoms with Gasteiger partial charge in [-0.1, -0.05) is 12.1 Å². The fourth-order valence-corrected chi connectivity index (χ4v) is 4.04. The van der Waals surface area contributed by atoms with Gasteiger partial charge in [0.2, 0.25) is 0 Å². The van der Waals surface area contributed by atoms with E-state index < -0.39 is 0 Å². The van der Waals surface area contributed by atoms with Gasteiger partial charge in [0.25, 0.3) is 5.91 Å². The van der Waals surface area contributed by atoms with Crippen molar-refractivity contribution in [3.05, 3.63) is 70.8 Å². The number of amides is 1. The molecule has 1 saturated heterocycles. The van der Waals surface area contributed by atoms with E-state index in [-0.39, 0.29) is 5.91 Å². The molecule has 0 bridgehead atoms. The van der Waals surface area contributed by atoms with Crippen LogP contribution < -0.4 is 14.8 Å². The Bertz CT molecular complexity index is 1160. The summed E-state index contributed by atoms with van der Waals surface area (Å²) in [5, 5.41) is 4.48. The Morgan fingerprint density at radius 1 is 1.13 bits per heavy atom. The highest BCUT2D eigenvalue weighted by atomic mass is 32.2. The van der Waals surface area contributed by atoms with Crippen molar-refractivity contribution in [2.45, 2.75) is 6.42 Å². The SMILES string of the molecule is COc1ccc(OC)c(CCN=C2NC(=O)C(=Cc3ccc4ncccc4c3)S2)c1. The van der Waals surface area contributed by atoms with Crippen molar-refractivity contribution < 1.29 is 14.3 Å². The predicted molar refractivity (Wildman–Crippen MR) is 121 cm³/mol. The second kappa shape index (κ2) is 9.00. The summed E-state index contributed by atoms with van der Waals surface area (Å²) in [6.45, 7) is 0.529. The second-order valence-corrected chi connectivity index (χ2v) is 7.67. The number of benzene rings is 2. The molecule has 0 unspecified atom stereocenters. The fraction of sp³-hybridized carbons (Fsp3) is 0.174. The fourth-order valence-electron chi connectivity index (χ4n) is 3.19. The molecule has 0 radical (unpaired) electrons. The molecule has 4 rings (SSSR count). The molecule has 1 fully saturated rings. The van der Waals surface area contributed by atoms with Crippen molar-refractivity contribution in [1.29, 1.82) is 0 Å². The summed E-state index contributed by atoms with van der Waals surface area (Å²) in [6, 6.07) is 15.5. The molecule has 30 heavy (non-hydrogen) atoms. The van der Waals surface area contributed by atoms with E-state index in [2.05, 4.69) is 15.3 Å². The van der Waals surface area contributed by atoms with Crippen LogP contribution in [-0.2, 0) is 11.2 Å². The van der Waals surface area contributed by atoms with Crippen molar-refractivity contribution in [1.82, 2.24) is 10.3 Å². The first kappa shape index (κ1) is 20.0. The molecular formula is C23H21N3O3S. The number of pyridine rings is 1. The lowest BCUT2D eigenvalue weighted by Gasteiger charge is -2.09. The van der Waals surface area contributed by atoms with Gasteiger partial charge in [0.1, 0.15) is 11.5 Å². The summed E-state index contributed by atoms with van der Waals surface area (Å²) in [5.74, 6) is 1.44. The van der Waals surface area contributed by atoms with Crippen LogP contribution in [0.25, 0.3) is 17.0 Å². The summed E-state index contributed by atoms with van der Waals surface area (Å²) < 4.78 is 10.7. The number of nitrogens with zero attached hydrogens (tertiary/aromatic N) is 2. The lowest BCUT2D eigenvalue weighted by molar-refractivity contribution is -0.115. The molecule has 0 spiro atoms. The average molecular weight is 420 g/mol. The average Bonchev–Trinajstić information content (AvgIpc) is 3.12. The molecule has 2 aromatic carbocycles. The highest BCUT2D eigenvalue weighted by molar-refractivity contribution is 8.18. The molecule has 0 aliphatic carbocycles. The van der Waals surface area contributed by atoms with Gasteiger partial charge in [-0.05, 0) is 71.8 Å². The minimum Gasteiger partial charge on any atom is -0.497 e. The summed E-state index contributed by atoms with van der Waals surface area (Å²) in [6.07, 6.45) is 4.32. The largest absolute Gasteiger partial charge is 0.497 e. The molecule has 1 aromatic heterocycles. The van der Waals surface area contributed by atoms with Crippen LogP contribution in [-0.4, -0.2) is 36.8 Å². The summed E-state index contributed by atoms with van der Waals surface area (Å²) in [4.78, 5) is 21.8. The van der Waals surface area contributed by atoms with Crippen molar-refractivity contribution >= 4 is 39.8 Å². The van der Waals surface area contributed by atoms with Gasteiger partial charge in [0.15, 0.2) is 5.17 Å². The Balaban J connectivity index is 1.45. The van der Waals surface area contributed by atoms with E-state index in [0.717, 1.165) is 33.5 Å². The van der Waals surface area contributed by atoms with E-state index in [1.807, 2.05) is 54.6 Å². The Morgan fingerprint density at radius 2 is 2.03 bits per heavy atom. The molecule has 7 heteroatoms. The molecule has 1 aliphatic rings. The molecule has 3 aromatic rings. The van der Waals surface area contributed by atoms with Crippen molar-refractivity contribution in [3.8, 4) is 11.5 Å². The van der Waals surface area contributed by atoms with E-state index in [9.17, 15) is 4.79 Å². The maximum absolute atomic E-state index is 12.3. The van der Waals surface area contributed by atoms with Gasteiger partial charge in [0.05, 0.1) is 24.6 Å². The minimum atomic E-state index is -0.135. The van der Waals surface area contributed by atoms with Crippen LogP contribution in [0.3, 0.4) is 0 Å². The molecule has 2 heterocycles. The third kappa shape index (κ3) is 4.46. The zero-order valence-electron chi connectivity index (χ0n) is 16.7. The monoisotopic (exact) mass is 419 g/mol. The number of rotatable bonds is 6. The van der Waals surface area contributed by atoms with Gasteiger partial charge >= 0.3 is 0 Å². The van der Waals surface area contributed by atoms with Crippen molar-refractivity contribution in [2.24, 2.45) is 4.99 Å². The number of thioether (sulfide) groups is 1. The van der Waals surface area contributed by atoms with E-state index >= 15 is 0 Å². The number of hydrogen-bond donors (Lipinski definition) is 1. The van der Waals surface area contributed by atoms with Crippen LogP contribution in [0.4, 0.5) is 0 Å². The van der Waals surface area contributed by atoms with Crippen LogP contribution in [0.2, 0.25) is 0 Å². The Kier molecular flexibility index (Phi) is 5.99. The Hall–Kier alpha value is -3.32. The van der Waals surface area contributed by atoms with Gasteiger partial charge in [0, 0.05) is 18.1 Å². The van der Waals surface area contributed by atoms with Crippen LogP contribution >= 0.6 is 11.8 Å². The van der Waals surface area contributed by atoms with Gasteiger partial charge in [-0.15, -0.1) is 0 Å². The summed E-state index contributed by atoms with van der Waals surface area (Å²) in [5.41, 5.74) is 2.89. The summed E-state index contributed by atoms with van der Waals surface area (Å²) >= 11 is 1.35. The Morgan fingerprint density at radius 3 is 2.87 bits per heavy atom. The third-order valence-corrected chi connectivity index (χ3v) is 5.65. The predicted octanol–water partition coefficient (Wildman–Crippen LogP) is 4.05. The topological polar surface area (TPSA) is 72.8 Å². The van der Waals surface area contributed by atoms with Gasteiger partial charge in [-0.2, -0.15) is 0 Å². The molecule has 6 nitrogen and oxygen atoms in total. The number of carbonyl (C=O) groups is 1. The highest BCUT2D eigenvalue weighted by Gasteiger charge is 2.23. The van der Waals surface area contributed by atoms with Gasteiger partial charge in [-0.3, -0.25) is 14.8 Å². The van der Waals surface area contributed by atoms with Crippen molar-refractivity contribution in [2.75, 3.05) is 20.8 Å². The third-order valence-electron chi connectivity index (χ3n) is 4.70. The van der Waals surface area contributed by atoms with E-state index in [0.29, 0.717) is 23.0 Å². The number of nitrogens with one attached hydrogen (secondary N) is 1. The Labute approximate surface area is 179 Å². The number of amidine groups is 1. The smallest absolute Gasteiger partial charge is 0.264 e. The van der Waals surface area contributed by atoms with E-state index in [4.69, 9.17) is 9.47 Å². The number of methoxy groups -OCH3 is 2. The number of aliphatic imine (C=N–C) groups is 1. The summed E-state index contributed by atoms with van der Waals surface area (Å²) in [7, 11) is 3.28. The highest BCUT2D eigenvalue weighted by Crippen LogP contribution is 2.28. The number of aromatic nitrogens is 1. The number of ether oxygens (including phenoxy) is 2. The van der Waals surface area contributed by atoms with Gasteiger partial charge < -0.3 is 14.8 Å². The van der Waals surface area contributed by atoms with Gasteiger partial charge in [-0.25, -0.2) is 0 Å². The zero-order chi connectivity index (χ0) is 20.9. The quantitative estimate of drug-likeness (QED) is 0.610. The maximum atomic E-state index is 12.3. The second-order valence-electron chi connectivity index (χ2n) is 6.63. The maximum Gasteiger partial charge on any atom is 0.264 e. The van der Waals surface area contributed by atoms with Crippen LogP contribution in [0.1, 0.15) is 11.1 Å². The van der Waals surface area contributed by atoms with Crippen LogP contribution in [0.15, 0.2) is 64.6 Å². The number of carbonyl (C=O) groups excluding carboxylic acids is 1. The number of hydrogen-bond acceptors (Lipinski definition) is 6. The lowest BCUT2D eigenvalue weighted by Crippen LogP contribution is -2.20. The first-order valence-electron chi connectivity index (χ1n) is 9.47. The van der Waals surface area contributed by atoms with Crippen LogP contribution in [0.5, 0.6) is 11.5 Å². The molecule has 0 atom stereocenters. The first-order chi connectivity index (χ1) is 14.7. The standard InChI is InChI=1S/C23H21N3O3S/c1-28-18-6-8-20(29-2)17(14-18)9-11-25-23-26-22(27)21(30-23)13-15-5-7-19-16(12-15)4-3-10-24-19/h3-8,10,12-14H,9,11H2,1-2H3,(H,25,26,27). The molecule has 1 aliphatic heterocycles. The normalized spacial score (nSPS) is 16.3. The molecule has 152 valence electrons.